The van der Waals surface area contributed by atoms with Crippen LogP contribution in [0.3, 0.4) is 0 Å². The highest BCUT2D eigenvalue weighted by molar-refractivity contribution is 6.34. The van der Waals surface area contributed by atoms with E-state index in [4.69, 9.17) is 16.3 Å². The number of ether oxygens (including phenoxy) is 1. The molecule has 2 aromatic carbocycles. The molecule has 8 nitrogen and oxygen atoms in total. The molecular formula is C29H32ClN3O5. The SMILES string of the molecule is Cc1cc(C)cc(-c2c(OCCC3CCCCN3C(=O)O)c3cc(NC(=O)C4CC4)c(Cl)cc3[nH]c2=O)c1. The maximum atomic E-state index is 13.4. The van der Waals surface area contributed by atoms with E-state index in [1.165, 1.54) is 4.90 Å². The molecule has 2 fully saturated rings. The number of hydrogen-bond acceptors (Lipinski definition) is 4. The van der Waals surface area contributed by atoms with Crippen molar-refractivity contribution in [3.63, 3.8) is 0 Å². The summed E-state index contributed by atoms with van der Waals surface area (Å²) in [7, 11) is 0. The number of fused-ring (bicyclic) bond motifs is 1. The van der Waals surface area contributed by atoms with Gasteiger partial charge in [0.2, 0.25) is 5.91 Å². The number of carbonyl (C=O) groups is 2. The van der Waals surface area contributed by atoms with E-state index in [1.807, 2.05) is 32.0 Å². The zero-order valence-electron chi connectivity index (χ0n) is 21.6. The van der Waals surface area contributed by atoms with Crippen LogP contribution < -0.4 is 15.6 Å². The zero-order chi connectivity index (χ0) is 27.0. The van der Waals surface area contributed by atoms with Crippen LogP contribution in [0.5, 0.6) is 5.75 Å². The van der Waals surface area contributed by atoms with Crippen LogP contribution in [0.1, 0.15) is 49.7 Å². The van der Waals surface area contributed by atoms with E-state index in [0.717, 1.165) is 48.8 Å². The number of likely N-dealkylation sites (tertiary alicyclic amines) is 1. The van der Waals surface area contributed by atoms with Crippen molar-refractivity contribution >= 4 is 40.2 Å². The number of aromatic amines is 1. The molecule has 2 aliphatic rings. The summed E-state index contributed by atoms with van der Waals surface area (Å²) >= 11 is 6.49. The molecule has 200 valence electrons. The van der Waals surface area contributed by atoms with Gasteiger partial charge < -0.3 is 25.0 Å². The van der Waals surface area contributed by atoms with Gasteiger partial charge in [0.25, 0.3) is 5.56 Å². The topological polar surface area (TPSA) is 112 Å². The van der Waals surface area contributed by atoms with Crippen molar-refractivity contribution in [3.05, 3.63) is 56.8 Å². The lowest BCUT2D eigenvalue weighted by Gasteiger charge is -2.33. The molecule has 1 saturated heterocycles. The number of benzene rings is 2. The van der Waals surface area contributed by atoms with Crippen LogP contribution in [0.2, 0.25) is 5.02 Å². The van der Waals surface area contributed by atoms with E-state index in [2.05, 4.69) is 10.3 Å². The summed E-state index contributed by atoms with van der Waals surface area (Å²) in [5.74, 6) is 0.329. The van der Waals surface area contributed by atoms with Crippen molar-refractivity contribution in [1.82, 2.24) is 9.88 Å². The fourth-order valence-electron chi connectivity index (χ4n) is 5.34. The predicted molar refractivity (Wildman–Crippen MR) is 148 cm³/mol. The number of nitrogens with zero attached hydrogens (tertiary/aromatic N) is 1. The van der Waals surface area contributed by atoms with Gasteiger partial charge in [-0.1, -0.05) is 40.9 Å². The van der Waals surface area contributed by atoms with Crippen LogP contribution in [0.25, 0.3) is 22.0 Å². The van der Waals surface area contributed by atoms with Crippen LogP contribution in [0, 0.1) is 19.8 Å². The lowest BCUT2D eigenvalue weighted by Crippen LogP contribution is -2.43. The van der Waals surface area contributed by atoms with Crippen LogP contribution >= 0.6 is 11.6 Å². The molecule has 0 radical (unpaired) electrons. The number of H-pyrrole nitrogens is 1. The van der Waals surface area contributed by atoms with Crippen molar-refractivity contribution in [3.8, 4) is 16.9 Å². The standard InChI is InChI=1S/C29H32ClN3O5/c1-16-11-17(2)13-19(12-16)25-26(38-10-8-20-5-3-4-9-33(20)29(36)37)21-14-24(32-27(34)18-6-7-18)22(30)15-23(21)31-28(25)35/h11-15,18,20H,3-10H2,1-2H3,(H,31,35)(H,32,34)(H,36,37). The lowest BCUT2D eigenvalue weighted by molar-refractivity contribution is -0.117. The third kappa shape index (κ3) is 5.50. The maximum Gasteiger partial charge on any atom is 0.407 e. The number of anilines is 1. The molecule has 0 spiro atoms. The normalized spacial score (nSPS) is 17.4. The highest BCUT2D eigenvalue weighted by atomic mass is 35.5. The summed E-state index contributed by atoms with van der Waals surface area (Å²) in [5.41, 5.74) is 3.79. The summed E-state index contributed by atoms with van der Waals surface area (Å²) in [4.78, 5) is 42.1. The van der Waals surface area contributed by atoms with Crippen molar-refractivity contribution in [2.75, 3.05) is 18.5 Å². The molecule has 1 aromatic heterocycles. The van der Waals surface area contributed by atoms with Gasteiger partial charge in [-0.3, -0.25) is 9.59 Å². The van der Waals surface area contributed by atoms with E-state index in [1.54, 1.807) is 12.1 Å². The smallest absolute Gasteiger partial charge is 0.407 e. The number of amides is 2. The molecule has 0 bridgehead atoms. The Bertz CT molecular complexity index is 1440. The third-order valence-corrected chi connectivity index (χ3v) is 7.65. The van der Waals surface area contributed by atoms with E-state index in [-0.39, 0.29) is 30.0 Å². The number of halogens is 1. The van der Waals surface area contributed by atoms with Gasteiger partial charge >= 0.3 is 6.09 Å². The van der Waals surface area contributed by atoms with Gasteiger partial charge in [-0.2, -0.15) is 0 Å². The van der Waals surface area contributed by atoms with E-state index in [0.29, 0.717) is 45.9 Å². The van der Waals surface area contributed by atoms with E-state index < -0.39 is 6.09 Å². The molecule has 5 rings (SSSR count). The first-order valence-electron chi connectivity index (χ1n) is 13.1. The monoisotopic (exact) mass is 537 g/mol. The second-order valence-electron chi connectivity index (χ2n) is 10.4. The average molecular weight is 538 g/mol. The minimum Gasteiger partial charge on any atom is -0.492 e. The fraction of sp³-hybridized carbons (Fsp3) is 0.414. The van der Waals surface area contributed by atoms with Gasteiger partial charge in [0, 0.05) is 30.3 Å². The Hall–Kier alpha value is -3.52. The Balaban J connectivity index is 1.57. The van der Waals surface area contributed by atoms with Gasteiger partial charge in [-0.25, -0.2) is 4.79 Å². The molecule has 1 unspecified atom stereocenters. The number of aromatic nitrogens is 1. The number of aryl methyl sites for hydroxylation is 2. The van der Waals surface area contributed by atoms with Crippen molar-refractivity contribution in [2.24, 2.45) is 5.92 Å². The Morgan fingerprint density at radius 1 is 1.11 bits per heavy atom. The third-order valence-electron chi connectivity index (χ3n) is 7.34. The summed E-state index contributed by atoms with van der Waals surface area (Å²) in [5, 5.41) is 13.5. The first-order chi connectivity index (χ1) is 18.2. The van der Waals surface area contributed by atoms with Crippen molar-refractivity contribution in [1.29, 1.82) is 0 Å². The Morgan fingerprint density at radius 2 is 1.84 bits per heavy atom. The molecule has 1 aliphatic heterocycles. The molecule has 3 N–H and O–H groups in total. The van der Waals surface area contributed by atoms with Gasteiger partial charge in [-0.05, 0) is 63.6 Å². The van der Waals surface area contributed by atoms with E-state index >= 15 is 0 Å². The first-order valence-corrected chi connectivity index (χ1v) is 13.5. The molecule has 9 heteroatoms. The largest absolute Gasteiger partial charge is 0.492 e. The molecule has 2 amide bonds. The number of nitrogens with one attached hydrogen (secondary N) is 2. The Kier molecular flexibility index (Phi) is 7.34. The van der Waals surface area contributed by atoms with Crippen LogP contribution in [-0.4, -0.2) is 46.2 Å². The highest BCUT2D eigenvalue weighted by Gasteiger charge is 2.30. The molecule has 1 saturated carbocycles. The molecule has 1 aliphatic carbocycles. The Morgan fingerprint density at radius 3 is 2.53 bits per heavy atom. The summed E-state index contributed by atoms with van der Waals surface area (Å²) < 4.78 is 6.36. The predicted octanol–water partition coefficient (Wildman–Crippen LogP) is 6.12. The van der Waals surface area contributed by atoms with Gasteiger partial charge in [0.1, 0.15) is 5.75 Å². The number of piperidine rings is 1. The fourth-order valence-corrected chi connectivity index (χ4v) is 5.55. The molecule has 2 heterocycles. The number of rotatable bonds is 7. The molecule has 3 aromatic rings. The lowest BCUT2D eigenvalue weighted by atomic mass is 9.98. The first kappa shape index (κ1) is 26.1. The van der Waals surface area contributed by atoms with Crippen LogP contribution in [0.15, 0.2) is 35.1 Å². The Labute approximate surface area is 225 Å². The van der Waals surface area contributed by atoms with Crippen molar-refractivity contribution < 1.29 is 19.4 Å². The van der Waals surface area contributed by atoms with Crippen LogP contribution in [0.4, 0.5) is 10.5 Å². The number of hydrogen-bond donors (Lipinski definition) is 3. The quantitative estimate of drug-likeness (QED) is 0.336. The molecular weight excluding hydrogens is 506 g/mol. The number of pyridine rings is 1. The molecule has 1 atom stereocenters. The summed E-state index contributed by atoms with van der Waals surface area (Å²) in [6, 6.07) is 9.16. The number of carbonyl (C=O) groups excluding carboxylic acids is 1. The summed E-state index contributed by atoms with van der Waals surface area (Å²) in [6.45, 7) is 4.70. The van der Waals surface area contributed by atoms with Crippen LogP contribution in [-0.2, 0) is 4.79 Å². The maximum absolute atomic E-state index is 13.4. The minimum atomic E-state index is -0.919. The average Bonchev–Trinajstić information content (AvgIpc) is 3.70. The zero-order valence-corrected chi connectivity index (χ0v) is 22.4. The number of carboxylic acid groups (broad SMARTS) is 1. The van der Waals surface area contributed by atoms with Gasteiger partial charge in [0.05, 0.1) is 28.4 Å². The van der Waals surface area contributed by atoms with Gasteiger partial charge in [0.15, 0.2) is 0 Å². The van der Waals surface area contributed by atoms with Crippen molar-refractivity contribution in [2.45, 2.75) is 58.4 Å². The second kappa shape index (κ2) is 10.7. The summed E-state index contributed by atoms with van der Waals surface area (Å²) in [6.07, 6.45) is 3.93. The highest BCUT2D eigenvalue weighted by Crippen LogP contribution is 2.39. The van der Waals surface area contributed by atoms with Gasteiger partial charge in [-0.15, -0.1) is 0 Å². The second-order valence-corrected chi connectivity index (χ2v) is 10.8. The van der Waals surface area contributed by atoms with E-state index in [9.17, 15) is 19.5 Å². The molecule has 38 heavy (non-hydrogen) atoms. The minimum absolute atomic E-state index is 0.00608.